The summed E-state index contributed by atoms with van der Waals surface area (Å²) in [5.74, 6) is 2.56. The molecule has 0 aliphatic rings. The average Bonchev–Trinajstić information content (AvgIpc) is 3.64. The number of halogens is 2. The molecule has 2 N–H and O–H groups in total. The molecule has 41 heavy (non-hydrogen) atoms. The average molecular weight is 617 g/mol. The van der Waals surface area contributed by atoms with Crippen LogP contribution >= 0.6 is 15.9 Å². The Kier molecular flexibility index (Phi) is 8.60. The van der Waals surface area contributed by atoms with Crippen molar-refractivity contribution in [2.75, 3.05) is 6.61 Å². The largest absolute Gasteiger partial charge is 0.454 e. The Balaban J connectivity index is 1.39. The number of rotatable bonds is 11. The standard InChI is InChI=1S/C33H31BrFN3O3/c1-4-33(2,3)40-17-7-12-31(23-9-5-10-24(34)18-23)38-16-14-29(37-38)22-8-6-11-25(19-22)41-32-27(21-39)26-13-15-36-30(26)20-28(32)35/h1,5-6,8-11,13-16,18-20,31,36,39H,7,12,17,21H2,2-3H3. The predicted octanol–water partition coefficient (Wildman–Crippen LogP) is 8.02. The lowest BCUT2D eigenvalue weighted by molar-refractivity contribution is 0.0239. The zero-order chi connectivity index (χ0) is 29.0. The van der Waals surface area contributed by atoms with Gasteiger partial charge in [0, 0.05) is 51.6 Å². The lowest BCUT2D eigenvalue weighted by Gasteiger charge is -2.21. The van der Waals surface area contributed by atoms with Gasteiger partial charge in [0.15, 0.2) is 11.6 Å². The number of ether oxygens (including phenoxy) is 2. The maximum atomic E-state index is 15.0. The Morgan fingerprint density at radius 1 is 1.15 bits per heavy atom. The summed E-state index contributed by atoms with van der Waals surface area (Å²) < 4.78 is 29.8. The Labute approximate surface area is 247 Å². The van der Waals surface area contributed by atoms with Gasteiger partial charge in [-0.05, 0) is 68.7 Å². The van der Waals surface area contributed by atoms with E-state index in [2.05, 4.69) is 39.0 Å². The van der Waals surface area contributed by atoms with Crippen LogP contribution in [-0.2, 0) is 11.3 Å². The van der Waals surface area contributed by atoms with Crippen molar-refractivity contribution in [2.45, 2.75) is 44.9 Å². The highest BCUT2D eigenvalue weighted by Crippen LogP contribution is 2.36. The van der Waals surface area contributed by atoms with Crippen LogP contribution in [0.1, 0.15) is 43.9 Å². The van der Waals surface area contributed by atoms with Gasteiger partial charge in [-0.1, -0.05) is 46.1 Å². The molecule has 2 aromatic heterocycles. The first-order valence-corrected chi connectivity index (χ1v) is 14.2. The minimum Gasteiger partial charge on any atom is -0.454 e. The molecule has 210 valence electrons. The van der Waals surface area contributed by atoms with Crippen LogP contribution in [0.3, 0.4) is 0 Å². The fourth-order valence-electron chi connectivity index (χ4n) is 4.80. The molecule has 2 heterocycles. The third-order valence-corrected chi connectivity index (χ3v) is 7.46. The van der Waals surface area contributed by atoms with E-state index < -0.39 is 11.4 Å². The zero-order valence-corrected chi connectivity index (χ0v) is 24.5. The van der Waals surface area contributed by atoms with Crippen molar-refractivity contribution in [1.29, 1.82) is 0 Å². The molecule has 0 fully saturated rings. The molecule has 5 rings (SSSR count). The van der Waals surface area contributed by atoms with E-state index in [-0.39, 0.29) is 18.4 Å². The molecule has 3 aromatic carbocycles. The number of nitrogens with zero attached hydrogens (tertiary/aromatic N) is 2. The molecule has 0 saturated heterocycles. The molecule has 0 bridgehead atoms. The van der Waals surface area contributed by atoms with E-state index in [0.29, 0.717) is 28.8 Å². The molecule has 0 aliphatic heterocycles. The van der Waals surface area contributed by atoms with Crippen LogP contribution in [0.2, 0.25) is 0 Å². The number of hydrogen-bond acceptors (Lipinski definition) is 4. The highest BCUT2D eigenvalue weighted by Gasteiger charge is 2.19. The first-order chi connectivity index (χ1) is 19.8. The van der Waals surface area contributed by atoms with Crippen molar-refractivity contribution in [3.05, 3.63) is 101 Å². The number of aromatic amines is 1. The van der Waals surface area contributed by atoms with Gasteiger partial charge in [-0.3, -0.25) is 4.68 Å². The van der Waals surface area contributed by atoms with E-state index in [0.717, 1.165) is 34.1 Å². The van der Waals surface area contributed by atoms with Gasteiger partial charge in [-0.15, -0.1) is 6.42 Å². The number of aliphatic hydroxyl groups excluding tert-OH is 1. The second-order valence-corrected chi connectivity index (χ2v) is 11.2. The SMILES string of the molecule is C#CC(C)(C)OCCCC(c1cccc(Br)c1)n1ccc(-c2cccc(Oc3c(F)cc4[nH]ccc4c3CO)c2)n1. The topological polar surface area (TPSA) is 72.3 Å². The van der Waals surface area contributed by atoms with Gasteiger partial charge >= 0.3 is 0 Å². The van der Waals surface area contributed by atoms with E-state index in [1.165, 1.54) is 6.07 Å². The molecule has 8 heteroatoms. The van der Waals surface area contributed by atoms with Crippen molar-refractivity contribution in [3.63, 3.8) is 0 Å². The number of H-pyrrole nitrogens is 1. The smallest absolute Gasteiger partial charge is 0.169 e. The van der Waals surface area contributed by atoms with Crippen LogP contribution in [0.5, 0.6) is 11.5 Å². The van der Waals surface area contributed by atoms with Crippen LogP contribution in [0.4, 0.5) is 4.39 Å². The summed E-state index contributed by atoms with van der Waals surface area (Å²) >= 11 is 3.59. The summed E-state index contributed by atoms with van der Waals surface area (Å²) in [4.78, 5) is 2.97. The molecule has 0 amide bonds. The lowest BCUT2D eigenvalue weighted by atomic mass is 10.0. The first-order valence-electron chi connectivity index (χ1n) is 13.4. The first kappa shape index (κ1) is 28.6. The maximum Gasteiger partial charge on any atom is 0.169 e. The monoisotopic (exact) mass is 615 g/mol. The molecule has 1 atom stereocenters. The Hall–Kier alpha value is -3.90. The quantitative estimate of drug-likeness (QED) is 0.117. The van der Waals surface area contributed by atoms with Gasteiger partial charge in [0.05, 0.1) is 18.3 Å². The summed E-state index contributed by atoms with van der Waals surface area (Å²) in [5, 5.41) is 15.6. The summed E-state index contributed by atoms with van der Waals surface area (Å²) in [6.45, 7) is 3.95. The van der Waals surface area contributed by atoms with E-state index in [4.69, 9.17) is 21.0 Å². The summed E-state index contributed by atoms with van der Waals surface area (Å²) in [5.41, 5.74) is 3.08. The van der Waals surface area contributed by atoms with Gasteiger partial charge in [0.1, 0.15) is 11.4 Å². The van der Waals surface area contributed by atoms with Crippen LogP contribution in [-0.4, -0.2) is 32.1 Å². The molecule has 0 spiro atoms. The third-order valence-electron chi connectivity index (χ3n) is 6.97. The zero-order valence-electron chi connectivity index (χ0n) is 22.9. The van der Waals surface area contributed by atoms with Crippen LogP contribution in [0, 0.1) is 18.2 Å². The number of fused-ring (bicyclic) bond motifs is 1. The second-order valence-electron chi connectivity index (χ2n) is 10.3. The normalized spacial score (nSPS) is 12.4. The molecule has 0 radical (unpaired) electrons. The molecule has 1 unspecified atom stereocenters. The van der Waals surface area contributed by atoms with E-state index >= 15 is 0 Å². The number of aliphatic hydroxyl groups is 1. The van der Waals surface area contributed by atoms with Crippen molar-refractivity contribution >= 4 is 26.8 Å². The molecular weight excluding hydrogens is 585 g/mol. The number of nitrogens with one attached hydrogen (secondary N) is 1. The maximum absolute atomic E-state index is 15.0. The van der Waals surface area contributed by atoms with Gasteiger partial charge in [0.2, 0.25) is 0 Å². The fourth-order valence-corrected chi connectivity index (χ4v) is 5.22. The van der Waals surface area contributed by atoms with E-state index in [9.17, 15) is 9.50 Å². The Morgan fingerprint density at radius 2 is 1.98 bits per heavy atom. The van der Waals surface area contributed by atoms with Crippen LogP contribution < -0.4 is 4.74 Å². The van der Waals surface area contributed by atoms with Gasteiger partial charge in [0.25, 0.3) is 0 Å². The molecule has 6 nitrogen and oxygen atoms in total. The minimum atomic E-state index is -0.606. The number of terminal acetylenes is 1. The van der Waals surface area contributed by atoms with E-state index in [1.54, 1.807) is 18.3 Å². The Morgan fingerprint density at radius 3 is 2.76 bits per heavy atom. The second kappa shape index (κ2) is 12.3. The molecular formula is C33H31BrFN3O3. The summed E-state index contributed by atoms with van der Waals surface area (Å²) in [6, 6.07) is 20.6. The predicted molar refractivity (Wildman–Crippen MR) is 162 cm³/mol. The number of benzene rings is 3. The molecule has 5 aromatic rings. The molecule has 0 aliphatic carbocycles. The van der Waals surface area contributed by atoms with Crippen molar-refractivity contribution in [3.8, 4) is 35.1 Å². The Bertz CT molecular complexity index is 1700. The highest BCUT2D eigenvalue weighted by atomic mass is 79.9. The van der Waals surface area contributed by atoms with E-state index in [1.807, 2.05) is 61.1 Å². The molecule has 0 saturated carbocycles. The van der Waals surface area contributed by atoms with Crippen LogP contribution in [0.15, 0.2) is 83.6 Å². The van der Waals surface area contributed by atoms with Crippen LogP contribution in [0.25, 0.3) is 22.2 Å². The lowest BCUT2D eigenvalue weighted by Crippen LogP contribution is -2.22. The number of hydrogen-bond donors (Lipinski definition) is 2. The summed E-state index contributed by atoms with van der Waals surface area (Å²) in [6.07, 6.45) is 10.8. The van der Waals surface area contributed by atoms with Crippen molar-refractivity contribution < 1.29 is 19.0 Å². The van der Waals surface area contributed by atoms with Crippen molar-refractivity contribution in [2.24, 2.45) is 0 Å². The van der Waals surface area contributed by atoms with Gasteiger partial charge in [-0.25, -0.2) is 4.39 Å². The van der Waals surface area contributed by atoms with Gasteiger partial charge < -0.3 is 19.6 Å². The number of aromatic nitrogens is 3. The highest BCUT2D eigenvalue weighted by molar-refractivity contribution is 9.10. The minimum absolute atomic E-state index is 0.00669. The summed E-state index contributed by atoms with van der Waals surface area (Å²) in [7, 11) is 0. The van der Waals surface area contributed by atoms with Crippen molar-refractivity contribution in [1.82, 2.24) is 14.8 Å². The van der Waals surface area contributed by atoms with Gasteiger partial charge in [-0.2, -0.15) is 5.10 Å². The fraction of sp³-hybridized carbons (Fsp3) is 0.242. The third kappa shape index (κ3) is 6.54.